The van der Waals surface area contributed by atoms with Crippen LogP contribution in [0.3, 0.4) is 0 Å². The lowest BCUT2D eigenvalue weighted by molar-refractivity contribution is -0.163. The summed E-state index contributed by atoms with van der Waals surface area (Å²) in [5.41, 5.74) is -0.0159. The standard InChI is InChI=1S/C14H17ClO3/c1-14(2,11-7-4-3-5-8-11)13(17)18-12(16)9-6-10-15/h3-5,7-8H,6,9-10H2,1-2H3. The summed E-state index contributed by atoms with van der Waals surface area (Å²) in [6.45, 7) is 3.47. The van der Waals surface area contributed by atoms with E-state index < -0.39 is 17.4 Å². The van der Waals surface area contributed by atoms with Gasteiger partial charge in [0.05, 0.1) is 5.41 Å². The van der Waals surface area contributed by atoms with E-state index >= 15 is 0 Å². The van der Waals surface area contributed by atoms with Crippen LogP contribution in [0.4, 0.5) is 0 Å². The van der Waals surface area contributed by atoms with E-state index in [1.54, 1.807) is 13.8 Å². The Morgan fingerprint density at radius 1 is 1.22 bits per heavy atom. The van der Waals surface area contributed by atoms with Crippen molar-refractivity contribution in [3.8, 4) is 0 Å². The van der Waals surface area contributed by atoms with Crippen molar-refractivity contribution in [3.63, 3.8) is 0 Å². The first kappa shape index (κ1) is 14.7. The molecule has 0 N–H and O–H groups in total. The molecule has 0 saturated heterocycles. The summed E-state index contributed by atoms with van der Waals surface area (Å²) in [6.07, 6.45) is 0.680. The molecule has 0 aliphatic heterocycles. The Bertz CT molecular complexity index is 412. The Hall–Kier alpha value is -1.35. The molecule has 1 rings (SSSR count). The largest absolute Gasteiger partial charge is 0.392 e. The second-order valence-corrected chi connectivity index (χ2v) is 4.92. The molecule has 0 radical (unpaired) electrons. The van der Waals surface area contributed by atoms with Crippen LogP contribution in [0.25, 0.3) is 0 Å². The van der Waals surface area contributed by atoms with Gasteiger partial charge in [-0.1, -0.05) is 30.3 Å². The van der Waals surface area contributed by atoms with Crippen molar-refractivity contribution >= 4 is 23.5 Å². The van der Waals surface area contributed by atoms with Crippen LogP contribution in [0.5, 0.6) is 0 Å². The predicted molar refractivity (Wildman–Crippen MR) is 70.5 cm³/mol. The molecule has 18 heavy (non-hydrogen) atoms. The summed E-state index contributed by atoms with van der Waals surface area (Å²) in [5.74, 6) is -0.677. The minimum atomic E-state index is -0.835. The lowest BCUT2D eigenvalue weighted by atomic mass is 9.85. The van der Waals surface area contributed by atoms with Gasteiger partial charge in [-0.15, -0.1) is 11.6 Å². The molecule has 4 heteroatoms. The fourth-order valence-electron chi connectivity index (χ4n) is 1.47. The highest BCUT2D eigenvalue weighted by atomic mass is 35.5. The molecule has 0 bridgehead atoms. The van der Waals surface area contributed by atoms with Crippen molar-refractivity contribution in [1.29, 1.82) is 0 Å². The van der Waals surface area contributed by atoms with Crippen LogP contribution in [0.1, 0.15) is 32.3 Å². The van der Waals surface area contributed by atoms with E-state index in [4.69, 9.17) is 16.3 Å². The fraction of sp³-hybridized carbons (Fsp3) is 0.429. The molecule has 0 unspecified atom stereocenters. The van der Waals surface area contributed by atoms with Crippen LogP contribution >= 0.6 is 11.6 Å². The van der Waals surface area contributed by atoms with Gasteiger partial charge in [0.1, 0.15) is 0 Å². The molecule has 0 amide bonds. The zero-order valence-electron chi connectivity index (χ0n) is 10.6. The lowest BCUT2D eigenvalue weighted by Gasteiger charge is -2.22. The Labute approximate surface area is 112 Å². The summed E-state index contributed by atoms with van der Waals surface area (Å²) in [4.78, 5) is 23.4. The Kier molecular flexibility index (Phi) is 5.35. The summed E-state index contributed by atoms with van der Waals surface area (Å²) in [7, 11) is 0. The molecule has 0 atom stereocenters. The van der Waals surface area contributed by atoms with Gasteiger partial charge in [0.2, 0.25) is 0 Å². The smallest absolute Gasteiger partial charge is 0.323 e. The van der Waals surface area contributed by atoms with Crippen molar-refractivity contribution in [3.05, 3.63) is 35.9 Å². The van der Waals surface area contributed by atoms with Gasteiger partial charge in [-0.3, -0.25) is 9.59 Å². The van der Waals surface area contributed by atoms with E-state index in [0.29, 0.717) is 12.3 Å². The van der Waals surface area contributed by atoms with E-state index in [1.807, 2.05) is 30.3 Å². The van der Waals surface area contributed by atoms with Gasteiger partial charge in [-0.05, 0) is 25.8 Å². The zero-order chi connectivity index (χ0) is 13.6. The maximum absolute atomic E-state index is 12.0. The fourth-order valence-corrected chi connectivity index (χ4v) is 1.60. The van der Waals surface area contributed by atoms with E-state index in [9.17, 15) is 9.59 Å². The molecule has 1 aromatic rings. The third-order valence-electron chi connectivity index (χ3n) is 2.73. The highest BCUT2D eigenvalue weighted by molar-refractivity contribution is 6.17. The number of halogens is 1. The Balaban J connectivity index is 2.68. The average Bonchev–Trinajstić information content (AvgIpc) is 2.37. The van der Waals surface area contributed by atoms with Gasteiger partial charge in [-0.25, -0.2) is 0 Å². The Morgan fingerprint density at radius 3 is 2.39 bits per heavy atom. The summed E-state index contributed by atoms with van der Waals surface area (Å²) < 4.78 is 4.84. The van der Waals surface area contributed by atoms with Gasteiger partial charge in [0.25, 0.3) is 0 Å². The Morgan fingerprint density at radius 2 is 1.83 bits per heavy atom. The van der Waals surface area contributed by atoms with E-state index in [1.165, 1.54) is 0 Å². The first-order valence-electron chi connectivity index (χ1n) is 5.85. The van der Waals surface area contributed by atoms with Crippen molar-refractivity contribution < 1.29 is 14.3 Å². The topological polar surface area (TPSA) is 43.4 Å². The molecule has 1 aromatic carbocycles. The normalized spacial score (nSPS) is 11.1. The molecular weight excluding hydrogens is 252 g/mol. The molecule has 0 aliphatic carbocycles. The number of rotatable bonds is 5. The third kappa shape index (κ3) is 3.84. The van der Waals surface area contributed by atoms with Crippen molar-refractivity contribution in [1.82, 2.24) is 0 Å². The molecule has 0 spiro atoms. The van der Waals surface area contributed by atoms with Gasteiger partial charge in [-0.2, -0.15) is 0 Å². The summed E-state index contributed by atoms with van der Waals surface area (Å²) in [5, 5.41) is 0. The minimum absolute atomic E-state index is 0.167. The number of benzene rings is 1. The van der Waals surface area contributed by atoms with E-state index in [-0.39, 0.29) is 6.42 Å². The highest BCUT2D eigenvalue weighted by Crippen LogP contribution is 2.24. The van der Waals surface area contributed by atoms with Crippen molar-refractivity contribution in [2.75, 3.05) is 5.88 Å². The first-order valence-corrected chi connectivity index (χ1v) is 6.38. The van der Waals surface area contributed by atoms with Crippen LogP contribution < -0.4 is 0 Å². The third-order valence-corrected chi connectivity index (χ3v) is 2.99. The number of carbonyl (C=O) groups is 2. The lowest BCUT2D eigenvalue weighted by Crippen LogP contribution is -2.32. The molecule has 0 aromatic heterocycles. The van der Waals surface area contributed by atoms with Crippen LogP contribution in [-0.4, -0.2) is 17.8 Å². The molecule has 0 aliphatic rings. The van der Waals surface area contributed by atoms with E-state index in [2.05, 4.69) is 0 Å². The number of alkyl halides is 1. The summed E-state index contributed by atoms with van der Waals surface area (Å²) >= 11 is 5.48. The SMILES string of the molecule is CC(C)(C(=O)OC(=O)CCCCl)c1ccccc1. The number of hydrogen-bond donors (Lipinski definition) is 0. The number of carbonyl (C=O) groups excluding carboxylic acids is 2. The number of esters is 2. The second-order valence-electron chi connectivity index (χ2n) is 4.55. The number of ether oxygens (including phenoxy) is 1. The molecular formula is C14H17ClO3. The monoisotopic (exact) mass is 268 g/mol. The van der Waals surface area contributed by atoms with Gasteiger partial charge in [0, 0.05) is 12.3 Å². The predicted octanol–water partition coefficient (Wildman–Crippen LogP) is 3.05. The number of hydrogen-bond acceptors (Lipinski definition) is 3. The second kappa shape index (κ2) is 6.55. The molecule has 0 fully saturated rings. The van der Waals surface area contributed by atoms with Crippen molar-refractivity contribution in [2.24, 2.45) is 0 Å². The molecule has 0 saturated carbocycles. The van der Waals surface area contributed by atoms with Crippen molar-refractivity contribution in [2.45, 2.75) is 32.1 Å². The zero-order valence-corrected chi connectivity index (χ0v) is 11.4. The summed E-state index contributed by atoms with van der Waals surface area (Å²) in [6, 6.07) is 9.24. The first-order chi connectivity index (χ1) is 8.48. The van der Waals surface area contributed by atoms with Crippen LogP contribution in [0.2, 0.25) is 0 Å². The molecule has 3 nitrogen and oxygen atoms in total. The van der Waals surface area contributed by atoms with Gasteiger partial charge in [0.15, 0.2) is 0 Å². The van der Waals surface area contributed by atoms with Gasteiger partial charge < -0.3 is 4.74 Å². The molecule has 0 heterocycles. The average molecular weight is 269 g/mol. The van der Waals surface area contributed by atoms with Crippen LogP contribution in [0.15, 0.2) is 30.3 Å². The highest BCUT2D eigenvalue weighted by Gasteiger charge is 2.32. The quantitative estimate of drug-likeness (QED) is 0.468. The van der Waals surface area contributed by atoms with Crippen LogP contribution in [0, 0.1) is 0 Å². The minimum Gasteiger partial charge on any atom is -0.392 e. The van der Waals surface area contributed by atoms with Crippen LogP contribution in [-0.2, 0) is 19.7 Å². The maximum Gasteiger partial charge on any atom is 0.323 e. The van der Waals surface area contributed by atoms with Gasteiger partial charge >= 0.3 is 11.9 Å². The van der Waals surface area contributed by atoms with E-state index in [0.717, 1.165) is 5.56 Å². The maximum atomic E-state index is 12.0. The molecule has 98 valence electrons.